The summed E-state index contributed by atoms with van der Waals surface area (Å²) in [6.07, 6.45) is 1.49. The summed E-state index contributed by atoms with van der Waals surface area (Å²) in [6.45, 7) is 3.86. The van der Waals surface area contributed by atoms with Crippen LogP contribution in [0, 0.1) is 5.92 Å². The SMILES string of the molecule is CC(C)CC(=O)c1ccccc1S(C)(=O)=O. The fourth-order valence-corrected chi connectivity index (χ4v) is 2.41. The molecule has 0 N–H and O–H groups in total. The average molecular weight is 240 g/mol. The third kappa shape index (κ3) is 3.17. The molecule has 0 aromatic heterocycles. The second-order valence-electron chi connectivity index (χ2n) is 4.29. The first-order valence-corrected chi connectivity index (χ1v) is 7.04. The molecule has 0 heterocycles. The molecular weight excluding hydrogens is 224 g/mol. The zero-order valence-electron chi connectivity index (χ0n) is 9.73. The van der Waals surface area contributed by atoms with Crippen LogP contribution in [0.1, 0.15) is 30.6 Å². The van der Waals surface area contributed by atoms with Crippen molar-refractivity contribution in [3.8, 4) is 0 Å². The Morgan fingerprint density at radius 1 is 1.25 bits per heavy atom. The first-order chi connectivity index (χ1) is 7.32. The van der Waals surface area contributed by atoms with Gasteiger partial charge >= 0.3 is 0 Å². The van der Waals surface area contributed by atoms with Gasteiger partial charge < -0.3 is 0 Å². The van der Waals surface area contributed by atoms with Gasteiger partial charge in [-0.15, -0.1) is 0 Å². The molecule has 1 rings (SSSR count). The van der Waals surface area contributed by atoms with Crippen LogP contribution in [0.3, 0.4) is 0 Å². The molecule has 16 heavy (non-hydrogen) atoms. The van der Waals surface area contributed by atoms with Crippen LogP contribution in [-0.2, 0) is 9.84 Å². The monoisotopic (exact) mass is 240 g/mol. The second-order valence-corrected chi connectivity index (χ2v) is 6.27. The number of carbonyl (C=O) groups is 1. The zero-order valence-corrected chi connectivity index (χ0v) is 10.5. The highest BCUT2D eigenvalue weighted by atomic mass is 32.2. The number of hydrogen-bond donors (Lipinski definition) is 0. The molecule has 0 unspecified atom stereocenters. The van der Waals surface area contributed by atoms with Gasteiger partial charge in [0.25, 0.3) is 0 Å². The molecule has 0 saturated carbocycles. The molecule has 0 spiro atoms. The van der Waals surface area contributed by atoms with E-state index >= 15 is 0 Å². The fourth-order valence-electron chi connectivity index (χ4n) is 1.50. The molecule has 3 nitrogen and oxygen atoms in total. The summed E-state index contributed by atoms with van der Waals surface area (Å²) in [5, 5.41) is 0. The van der Waals surface area contributed by atoms with Crippen LogP contribution in [0.4, 0.5) is 0 Å². The number of sulfone groups is 1. The Morgan fingerprint density at radius 3 is 2.31 bits per heavy atom. The summed E-state index contributed by atoms with van der Waals surface area (Å²) >= 11 is 0. The smallest absolute Gasteiger partial charge is 0.176 e. The molecular formula is C12H16O3S. The third-order valence-corrected chi connectivity index (χ3v) is 3.34. The average Bonchev–Trinajstić information content (AvgIpc) is 2.15. The van der Waals surface area contributed by atoms with Crippen molar-refractivity contribution in [1.29, 1.82) is 0 Å². The first-order valence-electron chi connectivity index (χ1n) is 5.14. The van der Waals surface area contributed by atoms with Gasteiger partial charge in [-0.3, -0.25) is 4.79 Å². The van der Waals surface area contributed by atoms with Crippen LogP contribution < -0.4 is 0 Å². The van der Waals surface area contributed by atoms with Gasteiger partial charge in [0.15, 0.2) is 15.6 Å². The van der Waals surface area contributed by atoms with Crippen molar-refractivity contribution in [3.05, 3.63) is 29.8 Å². The zero-order chi connectivity index (χ0) is 12.3. The van der Waals surface area contributed by atoms with Gasteiger partial charge in [0.2, 0.25) is 0 Å². The first kappa shape index (κ1) is 12.9. The predicted molar refractivity (Wildman–Crippen MR) is 63.3 cm³/mol. The quantitative estimate of drug-likeness (QED) is 0.759. The minimum Gasteiger partial charge on any atom is -0.294 e. The highest BCUT2D eigenvalue weighted by molar-refractivity contribution is 7.90. The number of Topliss-reactive ketones (excluding diaryl/α,β-unsaturated/α-hetero) is 1. The molecule has 0 aliphatic heterocycles. The van der Waals surface area contributed by atoms with Gasteiger partial charge in [0.05, 0.1) is 4.90 Å². The molecule has 0 amide bonds. The largest absolute Gasteiger partial charge is 0.294 e. The predicted octanol–water partition coefficient (Wildman–Crippen LogP) is 2.32. The van der Waals surface area contributed by atoms with E-state index in [0.717, 1.165) is 6.26 Å². The maximum Gasteiger partial charge on any atom is 0.176 e. The van der Waals surface area contributed by atoms with Crippen molar-refractivity contribution in [2.75, 3.05) is 6.26 Å². The van der Waals surface area contributed by atoms with E-state index in [1.165, 1.54) is 6.07 Å². The lowest BCUT2D eigenvalue weighted by Crippen LogP contribution is -2.10. The molecule has 0 bridgehead atoms. The van der Waals surface area contributed by atoms with Crippen LogP contribution >= 0.6 is 0 Å². The van der Waals surface area contributed by atoms with E-state index in [1.807, 2.05) is 13.8 Å². The Hall–Kier alpha value is -1.16. The Morgan fingerprint density at radius 2 is 1.81 bits per heavy atom. The van der Waals surface area contributed by atoms with Crippen molar-refractivity contribution < 1.29 is 13.2 Å². The van der Waals surface area contributed by atoms with Crippen molar-refractivity contribution in [2.24, 2.45) is 5.92 Å². The lowest BCUT2D eigenvalue weighted by Gasteiger charge is -2.08. The summed E-state index contributed by atoms with van der Waals surface area (Å²) in [5.74, 6) is 0.108. The molecule has 0 fully saturated rings. The Kier molecular flexibility index (Phi) is 3.86. The number of hydrogen-bond acceptors (Lipinski definition) is 3. The molecule has 0 aliphatic rings. The minimum absolute atomic E-state index is 0.115. The summed E-state index contributed by atoms with van der Waals surface area (Å²) in [4.78, 5) is 12.0. The van der Waals surface area contributed by atoms with E-state index in [0.29, 0.717) is 12.0 Å². The standard InChI is InChI=1S/C12H16O3S/c1-9(2)8-11(13)10-6-4-5-7-12(10)16(3,14)15/h4-7,9H,8H2,1-3H3. The number of benzene rings is 1. The number of rotatable bonds is 4. The molecule has 0 atom stereocenters. The highest BCUT2D eigenvalue weighted by Crippen LogP contribution is 2.18. The minimum atomic E-state index is -3.34. The van der Waals surface area contributed by atoms with E-state index < -0.39 is 9.84 Å². The van der Waals surface area contributed by atoms with Crippen LogP contribution in [0.15, 0.2) is 29.2 Å². The van der Waals surface area contributed by atoms with E-state index in [4.69, 9.17) is 0 Å². The van der Waals surface area contributed by atoms with Crippen molar-refractivity contribution in [2.45, 2.75) is 25.2 Å². The third-order valence-electron chi connectivity index (χ3n) is 2.18. The summed E-state index contributed by atoms with van der Waals surface area (Å²) in [5.41, 5.74) is 0.304. The number of carbonyl (C=O) groups excluding carboxylic acids is 1. The highest BCUT2D eigenvalue weighted by Gasteiger charge is 2.18. The van der Waals surface area contributed by atoms with Crippen molar-refractivity contribution >= 4 is 15.6 Å². The summed E-state index contributed by atoms with van der Waals surface area (Å²) < 4.78 is 23.0. The van der Waals surface area contributed by atoms with E-state index in [9.17, 15) is 13.2 Å². The molecule has 0 radical (unpaired) electrons. The fraction of sp³-hybridized carbons (Fsp3) is 0.417. The molecule has 88 valence electrons. The normalized spacial score (nSPS) is 11.8. The Balaban J connectivity index is 3.19. The number of ketones is 1. The summed E-state index contributed by atoms with van der Waals surface area (Å²) in [7, 11) is -3.34. The van der Waals surface area contributed by atoms with Crippen LogP contribution in [-0.4, -0.2) is 20.5 Å². The maximum atomic E-state index is 11.9. The lowest BCUT2D eigenvalue weighted by atomic mass is 10.0. The van der Waals surface area contributed by atoms with Crippen molar-refractivity contribution in [1.82, 2.24) is 0 Å². The second kappa shape index (κ2) is 4.78. The van der Waals surface area contributed by atoms with Gasteiger partial charge in [0.1, 0.15) is 0 Å². The van der Waals surface area contributed by atoms with E-state index in [-0.39, 0.29) is 16.6 Å². The van der Waals surface area contributed by atoms with Gasteiger partial charge in [-0.1, -0.05) is 32.0 Å². The molecule has 0 aliphatic carbocycles. The Bertz CT molecular complexity index is 487. The summed E-state index contributed by atoms with van der Waals surface area (Å²) in [6, 6.07) is 6.36. The molecule has 1 aromatic rings. The van der Waals surface area contributed by atoms with Gasteiger partial charge in [-0.05, 0) is 12.0 Å². The topological polar surface area (TPSA) is 51.2 Å². The van der Waals surface area contributed by atoms with Crippen molar-refractivity contribution in [3.63, 3.8) is 0 Å². The van der Waals surface area contributed by atoms with Gasteiger partial charge in [-0.25, -0.2) is 8.42 Å². The molecule has 1 aromatic carbocycles. The van der Waals surface area contributed by atoms with E-state index in [1.54, 1.807) is 18.2 Å². The Labute approximate surface area is 96.4 Å². The van der Waals surface area contributed by atoms with E-state index in [2.05, 4.69) is 0 Å². The molecule has 4 heteroatoms. The maximum absolute atomic E-state index is 11.9. The van der Waals surface area contributed by atoms with Gasteiger partial charge in [0, 0.05) is 18.2 Å². The van der Waals surface area contributed by atoms with Crippen LogP contribution in [0.25, 0.3) is 0 Å². The molecule has 0 saturated heterocycles. The van der Waals surface area contributed by atoms with Crippen LogP contribution in [0.2, 0.25) is 0 Å². The van der Waals surface area contributed by atoms with Crippen LogP contribution in [0.5, 0.6) is 0 Å². The van der Waals surface area contributed by atoms with Gasteiger partial charge in [-0.2, -0.15) is 0 Å². The lowest BCUT2D eigenvalue weighted by molar-refractivity contribution is 0.0964.